The molecule has 6 nitrogen and oxygen atoms in total. The minimum Gasteiger partial charge on any atom is -0.379 e. The number of hydrogen-bond acceptors (Lipinski definition) is 4. The first-order valence-corrected chi connectivity index (χ1v) is 9.34. The fourth-order valence-electron chi connectivity index (χ4n) is 3.02. The molecule has 0 unspecified atom stereocenters. The van der Waals surface area contributed by atoms with Gasteiger partial charge in [-0.1, -0.05) is 6.07 Å². The highest BCUT2D eigenvalue weighted by Gasteiger charge is 2.30. The average Bonchev–Trinajstić information content (AvgIpc) is 2.72. The van der Waals surface area contributed by atoms with E-state index in [1.54, 1.807) is 29.4 Å². The fourth-order valence-corrected chi connectivity index (χ4v) is 3.02. The van der Waals surface area contributed by atoms with Gasteiger partial charge in [-0.15, -0.1) is 0 Å². The lowest BCUT2D eigenvalue weighted by molar-refractivity contribution is -0.137. The van der Waals surface area contributed by atoms with E-state index >= 15 is 0 Å². The standard InChI is InChI=1S/C20H23F3N4O2/c21-20(22,23)17-2-1-3-18(14-17)25-19(28)27(15-16-4-6-24-7-5-16)9-8-26-10-12-29-13-11-26/h1-7,14H,8-13,15H2,(H,25,28). The number of morpholine rings is 1. The highest BCUT2D eigenvalue weighted by molar-refractivity contribution is 5.89. The maximum Gasteiger partial charge on any atom is 0.416 e. The van der Waals surface area contributed by atoms with Crippen molar-refractivity contribution < 1.29 is 22.7 Å². The molecule has 3 rings (SSSR count). The van der Waals surface area contributed by atoms with Gasteiger partial charge in [-0.3, -0.25) is 9.88 Å². The number of carbonyl (C=O) groups is 1. The minimum absolute atomic E-state index is 0.107. The molecule has 0 aliphatic carbocycles. The fraction of sp³-hybridized carbons (Fsp3) is 0.400. The predicted octanol–water partition coefficient (Wildman–Crippen LogP) is 3.47. The van der Waals surface area contributed by atoms with Crippen LogP contribution in [0, 0.1) is 0 Å². The van der Waals surface area contributed by atoms with Gasteiger partial charge in [-0.05, 0) is 35.9 Å². The van der Waals surface area contributed by atoms with Crippen molar-refractivity contribution >= 4 is 11.7 Å². The summed E-state index contributed by atoms with van der Waals surface area (Å²) in [5.41, 5.74) is 0.196. The lowest BCUT2D eigenvalue weighted by atomic mass is 10.2. The molecule has 2 amide bonds. The largest absolute Gasteiger partial charge is 0.416 e. The molecule has 1 aromatic carbocycles. The van der Waals surface area contributed by atoms with Gasteiger partial charge in [0.15, 0.2) is 0 Å². The summed E-state index contributed by atoms with van der Waals surface area (Å²) in [7, 11) is 0. The Bertz CT molecular complexity index is 796. The zero-order valence-corrected chi connectivity index (χ0v) is 15.9. The molecule has 1 N–H and O–H groups in total. The predicted molar refractivity (Wildman–Crippen MR) is 102 cm³/mol. The molecule has 1 aliphatic rings. The normalized spacial score (nSPS) is 15.1. The van der Waals surface area contributed by atoms with Crippen molar-refractivity contribution in [1.82, 2.24) is 14.8 Å². The summed E-state index contributed by atoms with van der Waals surface area (Å²) in [5, 5.41) is 2.59. The molecule has 2 aromatic rings. The number of nitrogens with zero attached hydrogens (tertiary/aromatic N) is 3. The van der Waals surface area contributed by atoms with Crippen LogP contribution in [0.25, 0.3) is 0 Å². The molecule has 0 bridgehead atoms. The Morgan fingerprint density at radius 3 is 2.59 bits per heavy atom. The summed E-state index contributed by atoms with van der Waals surface area (Å²) in [4.78, 5) is 20.6. The van der Waals surface area contributed by atoms with Crippen LogP contribution in [0.5, 0.6) is 0 Å². The molecular weight excluding hydrogens is 385 g/mol. The van der Waals surface area contributed by atoms with Gasteiger partial charge in [0.05, 0.1) is 18.8 Å². The van der Waals surface area contributed by atoms with Gasteiger partial charge < -0.3 is 15.0 Å². The maximum absolute atomic E-state index is 12.9. The van der Waals surface area contributed by atoms with Crippen LogP contribution in [-0.2, 0) is 17.5 Å². The molecule has 156 valence electrons. The monoisotopic (exact) mass is 408 g/mol. The van der Waals surface area contributed by atoms with Crippen LogP contribution in [0.15, 0.2) is 48.8 Å². The van der Waals surface area contributed by atoms with Crippen LogP contribution < -0.4 is 5.32 Å². The second-order valence-electron chi connectivity index (χ2n) is 6.74. The third-order valence-electron chi connectivity index (χ3n) is 4.64. The van der Waals surface area contributed by atoms with Crippen molar-refractivity contribution in [3.8, 4) is 0 Å². The van der Waals surface area contributed by atoms with Crippen molar-refractivity contribution in [2.75, 3.05) is 44.7 Å². The van der Waals surface area contributed by atoms with Gasteiger partial charge in [-0.2, -0.15) is 13.2 Å². The third-order valence-corrected chi connectivity index (χ3v) is 4.64. The molecule has 0 atom stereocenters. The number of nitrogens with one attached hydrogen (secondary N) is 1. The number of hydrogen-bond donors (Lipinski definition) is 1. The highest BCUT2D eigenvalue weighted by atomic mass is 19.4. The van der Waals surface area contributed by atoms with Crippen molar-refractivity contribution in [3.05, 3.63) is 59.9 Å². The number of halogens is 3. The Morgan fingerprint density at radius 1 is 1.17 bits per heavy atom. The van der Waals surface area contributed by atoms with Crippen LogP contribution in [0.2, 0.25) is 0 Å². The Balaban J connectivity index is 1.69. The van der Waals surface area contributed by atoms with Gasteiger partial charge in [0, 0.05) is 50.8 Å². The number of anilines is 1. The van der Waals surface area contributed by atoms with Gasteiger partial charge in [0.25, 0.3) is 0 Å². The molecule has 1 saturated heterocycles. The first-order chi connectivity index (χ1) is 13.9. The van der Waals surface area contributed by atoms with E-state index < -0.39 is 17.8 Å². The minimum atomic E-state index is -4.46. The van der Waals surface area contributed by atoms with E-state index in [1.807, 2.05) is 0 Å². The van der Waals surface area contributed by atoms with E-state index in [4.69, 9.17) is 4.74 Å². The van der Waals surface area contributed by atoms with Crippen LogP contribution in [0.1, 0.15) is 11.1 Å². The first-order valence-electron chi connectivity index (χ1n) is 9.34. The quantitative estimate of drug-likeness (QED) is 0.795. The summed E-state index contributed by atoms with van der Waals surface area (Å²) < 4.78 is 44.1. The average molecular weight is 408 g/mol. The summed E-state index contributed by atoms with van der Waals surface area (Å²) in [6.07, 6.45) is -1.19. The number of pyridine rings is 1. The van der Waals surface area contributed by atoms with E-state index in [1.165, 1.54) is 12.1 Å². The second-order valence-corrected chi connectivity index (χ2v) is 6.74. The van der Waals surface area contributed by atoms with Crippen molar-refractivity contribution in [2.24, 2.45) is 0 Å². The molecule has 0 saturated carbocycles. The zero-order chi connectivity index (χ0) is 20.7. The number of ether oxygens (including phenoxy) is 1. The van der Waals surface area contributed by atoms with E-state index in [0.29, 0.717) is 32.8 Å². The van der Waals surface area contributed by atoms with E-state index in [0.717, 1.165) is 30.8 Å². The smallest absolute Gasteiger partial charge is 0.379 e. The lowest BCUT2D eigenvalue weighted by Crippen LogP contribution is -2.44. The molecule has 0 radical (unpaired) electrons. The third kappa shape index (κ3) is 6.43. The van der Waals surface area contributed by atoms with Crippen LogP contribution in [-0.4, -0.2) is 60.2 Å². The van der Waals surface area contributed by atoms with Crippen molar-refractivity contribution in [3.63, 3.8) is 0 Å². The Hall–Kier alpha value is -2.65. The molecule has 0 spiro atoms. The lowest BCUT2D eigenvalue weighted by Gasteiger charge is -2.30. The van der Waals surface area contributed by atoms with E-state index in [-0.39, 0.29) is 5.69 Å². The molecule has 9 heteroatoms. The van der Waals surface area contributed by atoms with Gasteiger partial charge >= 0.3 is 12.2 Å². The Kier molecular flexibility index (Phi) is 7.05. The molecule has 1 fully saturated rings. The summed E-state index contributed by atoms with van der Waals surface area (Å²) >= 11 is 0. The number of benzene rings is 1. The van der Waals surface area contributed by atoms with Crippen molar-refractivity contribution in [2.45, 2.75) is 12.7 Å². The number of aromatic nitrogens is 1. The van der Waals surface area contributed by atoms with Crippen LogP contribution >= 0.6 is 0 Å². The Morgan fingerprint density at radius 2 is 1.90 bits per heavy atom. The number of amides is 2. The van der Waals surface area contributed by atoms with Crippen LogP contribution in [0.4, 0.5) is 23.7 Å². The van der Waals surface area contributed by atoms with E-state index in [9.17, 15) is 18.0 Å². The highest BCUT2D eigenvalue weighted by Crippen LogP contribution is 2.30. The number of carbonyl (C=O) groups excluding carboxylic acids is 1. The summed E-state index contributed by atoms with van der Waals surface area (Å²) in [5.74, 6) is 0. The van der Waals surface area contributed by atoms with E-state index in [2.05, 4.69) is 15.2 Å². The Labute approximate surface area is 167 Å². The van der Waals surface area contributed by atoms with Gasteiger partial charge in [0.2, 0.25) is 0 Å². The number of alkyl halides is 3. The molecule has 2 heterocycles. The van der Waals surface area contributed by atoms with Gasteiger partial charge in [-0.25, -0.2) is 4.79 Å². The summed E-state index contributed by atoms with van der Waals surface area (Å²) in [6, 6.07) is 7.79. The SMILES string of the molecule is O=C(Nc1cccc(C(F)(F)F)c1)N(CCN1CCOCC1)Cc1ccncc1. The van der Waals surface area contributed by atoms with Crippen LogP contribution in [0.3, 0.4) is 0 Å². The molecular formula is C20H23F3N4O2. The molecule has 1 aromatic heterocycles. The second kappa shape index (κ2) is 9.71. The molecule has 29 heavy (non-hydrogen) atoms. The van der Waals surface area contributed by atoms with Gasteiger partial charge in [0.1, 0.15) is 0 Å². The number of rotatable bonds is 6. The summed E-state index contributed by atoms with van der Waals surface area (Å²) in [6.45, 7) is 4.31. The topological polar surface area (TPSA) is 57.7 Å². The number of urea groups is 1. The molecule has 1 aliphatic heterocycles. The zero-order valence-electron chi connectivity index (χ0n) is 15.9. The maximum atomic E-state index is 12.9. The first kappa shape index (κ1) is 21.1. The van der Waals surface area contributed by atoms with Crippen molar-refractivity contribution in [1.29, 1.82) is 0 Å².